The van der Waals surface area contributed by atoms with Crippen molar-refractivity contribution in [3.05, 3.63) is 156 Å². The van der Waals surface area contributed by atoms with Gasteiger partial charge in [0.15, 0.2) is 0 Å². The Kier molecular flexibility index (Phi) is 19.3. The maximum Gasteiger partial charge on any atom is 2.00 e. The summed E-state index contributed by atoms with van der Waals surface area (Å²) in [6.45, 7) is 10.9. The number of carboxylic acids is 2. The van der Waals surface area contributed by atoms with E-state index in [2.05, 4.69) is 71.5 Å². The molecule has 0 radical (unpaired) electrons. The van der Waals surface area contributed by atoms with E-state index >= 15 is 0 Å². The third kappa shape index (κ3) is 14.2. The molecule has 6 rings (SSSR count). The zero-order valence-electron chi connectivity index (χ0n) is 34.4. The molecule has 4 aromatic carbocycles. The van der Waals surface area contributed by atoms with Crippen LogP contribution < -0.4 is 19.7 Å². The van der Waals surface area contributed by atoms with E-state index in [1.807, 2.05) is 84.9 Å². The summed E-state index contributed by atoms with van der Waals surface area (Å²) in [5.41, 5.74) is 8.82. The summed E-state index contributed by atoms with van der Waals surface area (Å²) >= 11 is 0. The predicted molar refractivity (Wildman–Crippen MR) is 227 cm³/mol. The fourth-order valence-corrected chi connectivity index (χ4v) is 6.66. The fourth-order valence-electron chi connectivity index (χ4n) is 6.66. The molecule has 2 heterocycles. The van der Waals surface area contributed by atoms with Gasteiger partial charge in [-0.05, 0) is 98.5 Å². The summed E-state index contributed by atoms with van der Waals surface area (Å²) in [7, 11) is 0. The number of rotatable bonds is 20. The second kappa shape index (κ2) is 24.3. The van der Waals surface area contributed by atoms with E-state index in [9.17, 15) is 19.8 Å². The van der Waals surface area contributed by atoms with E-state index in [0.29, 0.717) is 26.4 Å². The molecule has 0 bridgehead atoms. The molecule has 0 aliphatic heterocycles. The number of aryl methyl sites for hydroxylation is 2. The second-order valence-electron chi connectivity index (χ2n) is 13.7. The number of carbonyl (C=O) groups excluding carboxylic acids is 2. The zero-order chi connectivity index (χ0) is 41.3. The predicted octanol–water partition coefficient (Wildman–Crippen LogP) is 6.10. The van der Waals surface area contributed by atoms with E-state index in [0.717, 1.165) is 35.7 Å². The molecule has 6 aromatic rings. The van der Waals surface area contributed by atoms with Crippen LogP contribution in [0.4, 0.5) is 0 Å². The molecule has 2 atom stereocenters. The van der Waals surface area contributed by atoms with Crippen LogP contribution in [-0.2, 0) is 45.0 Å². The first kappa shape index (κ1) is 46.8. The molecule has 59 heavy (non-hydrogen) atoms. The van der Waals surface area contributed by atoms with Gasteiger partial charge in [-0.25, -0.2) is 0 Å². The standard InChI is InChI=1S/2C24H27NO4.Ca/c2*1-3-28-23(24(26)27)17-19-10-12-21(13-11-19)29-16-15-25-18(2)9-14-22(25)20-7-5-4-6-8-20;/h2*4-14,23H,3,15-17H2,1-2H3,(H,26,27);/q;;+2/p-2/t2*23-;/m00./s1. The van der Waals surface area contributed by atoms with Gasteiger partial charge < -0.3 is 47.9 Å². The minimum absolute atomic E-state index is 0. The van der Waals surface area contributed by atoms with Crippen LogP contribution in [0, 0.1) is 13.8 Å². The van der Waals surface area contributed by atoms with Crippen molar-refractivity contribution in [2.24, 2.45) is 0 Å². The van der Waals surface area contributed by atoms with E-state index in [1.165, 1.54) is 33.9 Å². The van der Waals surface area contributed by atoms with Crippen LogP contribution >= 0.6 is 0 Å². The smallest absolute Gasteiger partial charge is 0.547 e. The summed E-state index contributed by atoms with van der Waals surface area (Å²) in [5, 5.41) is 22.2. The van der Waals surface area contributed by atoms with Crippen LogP contribution in [0.5, 0.6) is 11.5 Å². The van der Waals surface area contributed by atoms with Gasteiger partial charge in [-0.3, -0.25) is 0 Å². The van der Waals surface area contributed by atoms with E-state index < -0.39 is 24.1 Å². The topological polar surface area (TPSA) is 127 Å². The quantitative estimate of drug-likeness (QED) is 0.0847. The van der Waals surface area contributed by atoms with Crippen molar-refractivity contribution in [3.8, 4) is 34.0 Å². The third-order valence-corrected chi connectivity index (χ3v) is 9.65. The molecule has 0 spiro atoms. The number of benzene rings is 4. The van der Waals surface area contributed by atoms with Crippen LogP contribution in [-0.4, -0.2) is 97.4 Å². The van der Waals surface area contributed by atoms with Crippen LogP contribution in [0.2, 0.25) is 0 Å². The molecule has 2 aromatic heterocycles. The number of hydrogen-bond donors (Lipinski definition) is 0. The van der Waals surface area contributed by atoms with Crippen LogP contribution in [0.1, 0.15) is 36.4 Å². The monoisotopic (exact) mass is 824 g/mol. The van der Waals surface area contributed by atoms with Crippen molar-refractivity contribution in [3.63, 3.8) is 0 Å². The molecule has 0 saturated heterocycles. The number of aromatic nitrogens is 2. The number of nitrogens with zero attached hydrogens (tertiary/aromatic N) is 2. The van der Waals surface area contributed by atoms with Gasteiger partial charge in [0.2, 0.25) is 0 Å². The third-order valence-electron chi connectivity index (χ3n) is 9.65. The van der Waals surface area contributed by atoms with Crippen molar-refractivity contribution < 1.29 is 38.7 Å². The van der Waals surface area contributed by atoms with Gasteiger partial charge in [0, 0.05) is 48.8 Å². The van der Waals surface area contributed by atoms with E-state index in [-0.39, 0.29) is 50.6 Å². The number of aliphatic carboxylic acids is 2. The van der Waals surface area contributed by atoms with E-state index in [4.69, 9.17) is 18.9 Å². The van der Waals surface area contributed by atoms with Crippen molar-refractivity contribution in [1.29, 1.82) is 0 Å². The second-order valence-corrected chi connectivity index (χ2v) is 13.7. The molecule has 304 valence electrons. The number of carboxylic acid groups (broad SMARTS) is 2. The molecule has 0 fully saturated rings. The Hall–Kier alpha value is -4.84. The van der Waals surface area contributed by atoms with Crippen molar-refractivity contribution >= 4 is 49.7 Å². The van der Waals surface area contributed by atoms with Gasteiger partial charge >= 0.3 is 37.7 Å². The molecule has 10 nitrogen and oxygen atoms in total. The minimum Gasteiger partial charge on any atom is -0.547 e. The largest absolute Gasteiger partial charge is 2.00 e. The van der Waals surface area contributed by atoms with Crippen molar-refractivity contribution in [2.75, 3.05) is 26.4 Å². The molecular formula is C48H52CaN2O8. The van der Waals surface area contributed by atoms with Crippen molar-refractivity contribution in [2.45, 2.75) is 65.8 Å². The number of carbonyl (C=O) groups is 2. The Bertz CT molecular complexity index is 1990. The summed E-state index contributed by atoms with van der Waals surface area (Å²) in [6, 6.07) is 44.0. The van der Waals surface area contributed by atoms with Gasteiger partial charge in [0.1, 0.15) is 36.9 Å². The Labute approximate surface area is 377 Å². The Balaban J connectivity index is 0.000000256. The average molecular weight is 825 g/mol. The summed E-state index contributed by atoms with van der Waals surface area (Å²) < 4.78 is 26.7. The molecule has 0 unspecified atom stereocenters. The number of ether oxygens (including phenoxy) is 4. The molecular weight excluding hydrogens is 773 g/mol. The van der Waals surface area contributed by atoms with Crippen molar-refractivity contribution in [1.82, 2.24) is 9.13 Å². The summed E-state index contributed by atoms with van der Waals surface area (Å²) in [6.07, 6.45) is -1.31. The molecule has 0 N–H and O–H groups in total. The van der Waals surface area contributed by atoms with Gasteiger partial charge in [-0.1, -0.05) is 84.9 Å². The maximum absolute atomic E-state index is 11.1. The first-order valence-electron chi connectivity index (χ1n) is 19.7. The fraction of sp³-hybridized carbons (Fsp3) is 0.292. The average Bonchev–Trinajstić information content (AvgIpc) is 3.80. The molecule has 0 aliphatic carbocycles. The van der Waals surface area contributed by atoms with Gasteiger partial charge in [-0.2, -0.15) is 0 Å². The first-order valence-corrected chi connectivity index (χ1v) is 19.7. The summed E-state index contributed by atoms with van der Waals surface area (Å²) in [5.74, 6) is -0.880. The van der Waals surface area contributed by atoms with Gasteiger partial charge in [-0.15, -0.1) is 0 Å². The van der Waals surface area contributed by atoms with Crippen LogP contribution in [0.15, 0.2) is 133 Å². The van der Waals surface area contributed by atoms with Crippen LogP contribution in [0.3, 0.4) is 0 Å². The molecule has 11 heteroatoms. The molecule has 0 amide bonds. The number of hydrogen-bond acceptors (Lipinski definition) is 8. The molecule has 0 saturated carbocycles. The van der Waals surface area contributed by atoms with Gasteiger partial charge in [0.05, 0.1) is 25.0 Å². The van der Waals surface area contributed by atoms with Gasteiger partial charge in [0.25, 0.3) is 0 Å². The summed E-state index contributed by atoms with van der Waals surface area (Å²) in [4.78, 5) is 22.2. The Morgan fingerprint density at radius 3 is 1.20 bits per heavy atom. The normalized spacial score (nSPS) is 11.7. The van der Waals surface area contributed by atoms with Crippen LogP contribution in [0.25, 0.3) is 22.5 Å². The molecule has 0 aliphatic rings. The minimum atomic E-state index is -1.19. The Morgan fingerprint density at radius 2 is 0.881 bits per heavy atom. The Morgan fingerprint density at radius 1 is 0.525 bits per heavy atom. The zero-order valence-corrected chi connectivity index (χ0v) is 36.6. The SMILES string of the molecule is CCO[C@@H](Cc1ccc(OCCn2c(C)ccc2-c2ccccc2)cc1)C(=O)[O-].CCO[C@@H](Cc1ccc(OCCn2c(C)ccc2-c2ccccc2)cc1)C(=O)[O-].[Ca+2]. The van der Waals surface area contributed by atoms with E-state index in [1.54, 1.807) is 13.8 Å². The first-order chi connectivity index (χ1) is 28.2. The maximum atomic E-state index is 11.1.